The topological polar surface area (TPSA) is 68.1 Å². The van der Waals surface area contributed by atoms with Gasteiger partial charge in [-0.05, 0) is 6.07 Å². The lowest BCUT2D eigenvalue weighted by Gasteiger charge is -2.10. The van der Waals surface area contributed by atoms with E-state index < -0.39 is 5.97 Å². The largest absolute Gasteiger partial charge is 0.496 e. The number of carboxylic acids is 1. The Morgan fingerprint density at radius 1 is 1.59 bits per heavy atom. The van der Waals surface area contributed by atoms with Crippen molar-refractivity contribution in [3.63, 3.8) is 0 Å². The van der Waals surface area contributed by atoms with E-state index in [9.17, 15) is 4.79 Å². The van der Waals surface area contributed by atoms with Gasteiger partial charge >= 0.3 is 5.97 Å². The summed E-state index contributed by atoms with van der Waals surface area (Å²) in [5, 5.41) is 8.65. The van der Waals surface area contributed by atoms with E-state index in [1.807, 2.05) is 24.3 Å². The van der Waals surface area contributed by atoms with Crippen molar-refractivity contribution in [2.75, 3.05) is 13.7 Å². The minimum atomic E-state index is -0.940. The molecule has 1 aliphatic rings. The fourth-order valence-electron chi connectivity index (χ4n) is 1.75. The van der Waals surface area contributed by atoms with Crippen LogP contribution in [0.3, 0.4) is 0 Å². The average Bonchev–Trinajstić information content (AvgIpc) is 2.76. The molecule has 0 aromatic heterocycles. The molecule has 1 aromatic carbocycles. The number of ether oxygens (including phenoxy) is 2. The second-order valence-electron chi connectivity index (χ2n) is 3.66. The summed E-state index contributed by atoms with van der Waals surface area (Å²) < 4.78 is 10.5. The van der Waals surface area contributed by atoms with Gasteiger partial charge in [0, 0.05) is 5.56 Å². The number of hydrogen-bond acceptors (Lipinski definition) is 4. The maximum atomic E-state index is 10.5. The molecule has 0 aliphatic carbocycles. The zero-order valence-corrected chi connectivity index (χ0v) is 9.42. The Labute approximate surface area is 98.7 Å². The number of aliphatic imine (C=N–C) groups is 1. The van der Waals surface area contributed by atoms with E-state index in [4.69, 9.17) is 14.6 Å². The number of hydrogen-bond donors (Lipinski definition) is 1. The third-order valence-corrected chi connectivity index (χ3v) is 2.51. The van der Waals surface area contributed by atoms with Crippen molar-refractivity contribution in [1.82, 2.24) is 0 Å². The van der Waals surface area contributed by atoms with Crippen LogP contribution in [0.4, 0.5) is 0 Å². The number of rotatable bonds is 4. The van der Waals surface area contributed by atoms with E-state index in [1.54, 1.807) is 7.11 Å². The monoisotopic (exact) mass is 235 g/mol. The molecule has 1 aromatic rings. The van der Waals surface area contributed by atoms with Gasteiger partial charge < -0.3 is 14.6 Å². The summed E-state index contributed by atoms with van der Waals surface area (Å²) in [6, 6.07) is 7.34. The minimum Gasteiger partial charge on any atom is -0.496 e. The van der Waals surface area contributed by atoms with E-state index in [0.29, 0.717) is 6.61 Å². The van der Waals surface area contributed by atoms with Crippen LogP contribution in [0.5, 0.6) is 5.75 Å². The summed E-state index contributed by atoms with van der Waals surface area (Å²) in [6.45, 7) is 0.364. The van der Waals surface area contributed by atoms with Crippen molar-refractivity contribution in [2.45, 2.75) is 12.5 Å². The first-order valence-corrected chi connectivity index (χ1v) is 5.25. The first kappa shape index (κ1) is 11.4. The zero-order valence-electron chi connectivity index (χ0n) is 9.42. The predicted octanol–water partition coefficient (Wildman–Crippen LogP) is 1.64. The lowest BCUT2D eigenvalue weighted by Crippen LogP contribution is -2.06. The highest BCUT2D eigenvalue weighted by molar-refractivity contribution is 5.94. The molecule has 1 N–H and O–H groups in total. The van der Waals surface area contributed by atoms with Gasteiger partial charge in [0.05, 0.1) is 7.11 Å². The van der Waals surface area contributed by atoms with Gasteiger partial charge in [-0.1, -0.05) is 18.2 Å². The van der Waals surface area contributed by atoms with Crippen molar-refractivity contribution in [1.29, 1.82) is 0 Å². The Balaban J connectivity index is 2.19. The Kier molecular flexibility index (Phi) is 3.27. The molecule has 17 heavy (non-hydrogen) atoms. The smallest absolute Gasteiger partial charge is 0.312 e. The van der Waals surface area contributed by atoms with Crippen LogP contribution in [0.25, 0.3) is 0 Å². The number of carboxylic acid groups (broad SMARTS) is 1. The summed E-state index contributed by atoms with van der Waals surface area (Å²) in [5.74, 6) is 0.0688. The van der Waals surface area contributed by atoms with Crippen LogP contribution in [-0.2, 0) is 9.53 Å². The summed E-state index contributed by atoms with van der Waals surface area (Å²) in [4.78, 5) is 14.8. The van der Waals surface area contributed by atoms with Crippen LogP contribution in [0.2, 0.25) is 0 Å². The molecule has 5 heteroatoms. The molecule has 0 fully saturated rings. The molecule has 1 aliphatic heterocycles. The maximum absolute atomic E-state index is 10.5. The van der Waals surface area contributed by atoms with Crippen molar-refractivity contribution in [2.24, 2.45) is 4.99 Å². The first-order chi connectivity index (χ1) is 8.20. The highest BCUT2D eigenvalue weighted by Gasteiger charge is 2.24. The number of benzene rings is 1. The van der Waals surface area contributed by atoms with Crippen molar-refractivity contribution >= 4 is 11.9 Å². The van der Waals surface area contributed by atoms with Crippen LogP contribution < -0.4 is 4.74 Å². The third-order valence-electron chi connectivity index (χ3n) is 2.51. The third kappa shape index (κ3) is 2.55. The summed E-state index contributed by atoms with van der Waals surface area (Å²) >= 11 is 0. The normalized spacial score (nSPS) is 18.4. The number of aliphatic carboxylic acids is 1. The number of methoxy groups -OCH3 is 1. The second-order valence-corrected chi connectivity index (χ2v) is 3.66. The molecule has 0 saturated carbocycles. The van der Waals surface area contributed by atoms with Crippen LogP contribution in [0.1, 0.15) is 18.0 Å². The van der Waals surface area contributed by atoms with Crippen molar-refractivity contribution in [3.8, 4) is 5.75 Å². The molecular weight excluding hydrogens is 222 g/mol. The van der Waals surface area contributed by atoms with Gasteiger partial charge in [0.2, 0.25) is 0 Å². The molecule has 1 atom stereocenters. The quantitative estimate of drug-likeness (QED) is 0.861. The minimum absolute atomic E-state index is 0.175. The van der Waals surface area contributed by atoms with Gasteiger partial charge in [0.15, 0.2) is 5.90 Å². The molecule has 5 nitrogen and oxygen atoms in total. The van der Waals surface area contributed by atoms with E-state index >= 15 is 0 Å². The predicted molar refractivity (Wildman–Crippen MR) is 61.4 cm³/mol. The lowest BCUT2D eigenvalue weighted by molar-refractivity contribution is -0.135. The molecule has 0 radical (unpaired) electrons. The van der Waals surface area contributed by atoms with Gasteiger partial charge in [0.25, 0.3) is 0 Å². The lowest BCUT2D eigenvalue weighted by atomic mass is 10.1. The average molecular weight is 235 g/mol. The Hall–Kier alpha value is -2.04. The Morgan fingerprint density at radius 3 is 3.06 bits per heavy atom. The Morgan fingerprint density at radius 2 is 2.35 bits per heavy atom. The van der Waals surface area contributed by atoms with E-state index in [-0.39, 0.29) is 18.4 Å². The van der Waals surface area contributed by atoms with Crippen LogP contribution >= 0.6 is 0 Å². The molecule has 0 saturated heterocycles. The number of para-hydroxylation sites is 1. The summed E-state index contributed by atoms with van der Waals surface area (Å²) in [6.07, 6.45) is -0.175. The van der Waals surface area contributed by atoms with Gasteiger partial charge in [-0.3, -0.25) is 4.79 Å². The fourth-order valence-corrected chi connectivity index (χ4v) is 1.75. The molecule has 2 rings (SSSR count). The molecular formula is C12H13NO4. The SMILES string of the molecule is COc1ccccc1C1COC(CC(=O)O)=N1. The van der Waals surface area contributed by atoms with Crippen LogP contribution in [0, 0.1) is 0 Å². The van der Waals surface area contributed by atoms with E-state index in [2.05, 4.69) is 4.99 Å². The first-order valence-electron chi connectivity index (χ1n) is 5.25. The number of carbonyl (C=O) groups is 1. The Bertz CT molecular complexity index is 456. The highest BCUT2D eigenvalue weighted by Crippen LogP contribution is 2.30. The van der Waals surface area contributed by atoms with Crippen molar-refractivity contribution in [3.05, 3.63) is 29.8 Å². The van der Waals surface area contributed by atoms with Crippen LogP contribution in [-0.4, -0.2) is 30.7 Å². The maximum Gasteiger partial charge on any atom is 0.312 e. The molecule has 0 spiro atoms. The van der Waals surface area contributed by atoms with E-state index in [1.165, 1.54) is 0 Å². The van der Waals surface area contributed by atoms with E-state index in [0.717, 1.165) is 11.3 Å². The molecule has 0 amide bonds. The van der Waals surface area contributed by atoms with Gasteiger partial charge in [-0.15, -0.1) is 0 Å². The standard InChI is InChI=1S/C12H13NO4/c1-16-10-5-3-2-4-8(10)9-7-17-11(13-9)6-12(14)15/h2-5,9H,6-7H2,1H3,(H,14,15). The molecule has 0 bridgehead atoms. The zero-order chi connectivity index (χ0) is 12.3. The van der Waals surface area contributed by atoms with Gasteiger partial charge in [0.1, 0.15) is 24.8 Å². The fraction of sp³-hybridized carbons (Fsp3) is 0.333. The second kappa shape index (κ2) is 4.86. The van der Waals surface area contributed by atoms with Crippen molar-refractivity contribution < 1.29 is 19.4 Å². The molecule has 1 heterocycles. The van der Waals surface area contributed by atoms with Gasteiger partial charge in [-0.25, -0.2) is 4.99 Å². The summed E-state index contributed by atoms with van der Waals surface area (Å²) in [7, 11) is 1.59. The highest BCUT2D eigenvalue weighted by atomic mass is 16.5. The molecule has 1 unspecified atom stereocenters. The summed E-state index contributed by atoms with van der Waals surface area (Å²) in [5.41, 5.74) is 0.912. The molecule has 90 valence electrons. The van der Waals surface area contributed by atoms with Gasteiger partial charge in [-0.2, -0.15) is 0 Å². The van der Waals surface area contributed by atoms with Crippen LogP contribution in [0.15, 0.2) is 29.3 Å². The number of nitrogens with zero attached hydrogens (tertiary/aromatic N) is 1.